The van der Waals surface area contributed by atoms with Gasteiger partial charge >= 0.3 is 0 Å². The number of para-hydroxylation sites is 1. The molecular formula is C47H44N. The summed E-state index contributed by atoms with van der Waals surface area (Å²) < 4.78 is 0. The highest BCUT2D eigenvalue weighted by Gasteiger charge is 2.55. The van der Waals surface area contributed by atoms with Crippen molar-refractivity contribution in [3.63, 3.8) is 0 Å². The Kier molecular flexibility index (Phi) is 7.22. The Morgan fingerprint density at radius 3 is 1.54 bits per heavy atom. The van der Waals surface area contributed by atoms with E-state index in [1.165, 1.54) is 72.9 Å². The van der Waals surface area contributed by atoms with E-state index in [0.29, 0.717) is 11.8 Å². The number of rotatable bonds is 6. The highest BCUT2D eigenvalue weighted by Crippen LogP contribution is 2.60. The minimum atomic E-state index is -0.598. The predicted molar refractivity (Wildman–Crippen MR) is 202 cm³/mol. The molecule has 0 atom stereocenters. The normalized spacial score (nSPS) is 15.9. The maximum Gasteiger partial charge on any atom is 0.124 e. The van der Waals surface area contributed by atoms with Crippen molar-refractivity contribution in [2.24, 2.45) is 0 Å². The summed E-state index contributed by atoms with van der Waals surface area (Å²) in [5.41, 5.74) is 15.3. The summed E-state index contributed by atoms with van der Waals surface area (Å²) in [6, 6.07) is 56.0. The second kappa shape index (κ2) is 11.4. The summed E-state index contributed by atoms with van der Waals surface area (Å²) in [5.74, 6) is 0.668. The van der Waals surface area contributed by atoms with E-state index in [9.17, 15) is 0 Å². The fourth-order valence-electron chi connectivity index (χ4n) is 8.71. The third-order valence-corrected chi connectivity index (χ3v) is 10.9. The molecule has 0 unspecified atom stereocenters. The molecule has 0 amide bonds. The van der Waals surface area contributed by atoms with E-state index in [-0.39, 0.29) is 5.41 Å². The Morgan fingerprint density at radius 2 is 0.958 bits per heavy atom. The van der Waals surface area contributed by atoms with Gasteiger partial charge in [-0.2, -0.15) is 0 Å². The monoisotopic (exact) mass is 622 g/mol. The van der Waals surface area contributed by atoms with E-state index in [2.05, 4.69) is 192 Å². The van der Waals surface area contributed by atoms with Gasteiger partial charge in [0.1, 0.15) is 11.6 Å². The van der Waals surface area contributed by atoms with Crippen molar-refractivity contribution in [1.82, 2.24) is 0 Å². The molecule has 1 aliphatic heterocycles. The molecule has 0 bridgehead atoms. The molecule has 237 valence electrons. The first-order chi connectivity index (χ1) is 23.3. The minimum Gasteiger partial charge on any atom is -0.336 e. The molecule has 1 radical (unpaired) electrons. The van der Waals surface area contributed by atoms with Crippen molar-refractivity contribution in [2.45, 2.75) is 64.3 Å². The van der Waals surface area contributed by atoms with Crippen molar-refractivity contribution < 1.29 is 0 Å². The third-order valence-electron chi connectivity index (χ3n) is 10.9. The Morgan fingerprint density at radius 1 is 0.458 bits per heavy atom. The van der Waals surface area contributed by atoms with Crippen molar-refractivity contribution >= 4 is 5.69 Å². The summed E-state index contributed by atoms with van der Waals surface area (Å²) in [6.45, 7) is 14.1. The van der Waals surface area contributed by atoms with Crippen molar-refractivity contribution in [3.05, 3.63) is 202 Å². The van der Waals surface area contributed by atoms with Gasteiger partial charge in [0, 0.05) is 11.1 Å². The van der Waals surface area contributed by atoms with Gasteiger partial charge in [-0.25, -0.2) is 0 Å². The topological polar surface area (TPSA) is 3.24 Å². The fraction of sp³-hybridized carbons (Fsp3) is 0.213. The summed E-state index contributed by atoms with van der Waals surface area (Å²) in [6.07, 6.45) is 0. The smallest absolute Gasteiger partial charge is 0.124 e. The maximum atomic E-state index is 2.75. The number of anilines is 1. The van der Waals surface area contributed by atoms with Crippen LogP contribution in [0.1, 0.15) is 103 Å². The summed E-state index contributed by atoms with van der Waals surface area (Å²) in [7, 11) is 0. The largest absolute Gasteiger partial charge is 0.336 e. The molecule has 0 aromatic heterocycles. The number of hydrogen-bond donors (Lipinski definition) is 0. The van der Waals surface area contributed by atoms with Crippen molar-refractivity contribution in [1.29, 1.82) is 0 Å². The molecule has 0 N–H and O–H groups in total. The molecule has 6 aromatic rings. The summed E-state index contributed by atoms with van der Waals surface area (Å²) in [5, 5.41) is 0. The molecular weight excluding hydrogens is 579 g/mol. The van der Waals surface area contributed by atoms with Crippen LogP contribution in [0.2, 0.25) is 0 Å². The highest BCUT2D eigenvalue weighted by molar-refractivity contribution is 5.85. The standard InChI is InChI=1S/C47H44N/c1-31(2)36-24-17-25-37(32(3)4)45(36)48-44(33-28-29-42-40(30-33)38-22-13-15-26-41(38)46(42,5)6)39-23-14-16-27-43(39)47(48,34-18-9-7-10-19-34)35-20-11-8-12-21-35/h7-32H,1-6H3. The maximum absolute atomic E-state index is 2.75. The van der Waals surface area contributed by atoms with Gasteiger partial charge in [0.05, 0.1) is 0 Å². The minimum absolute atomic E-state index is 0.0463. The third kappa shape index (κ3) is 4.30. The molecule has 1 heteroatoms. The summed E-state index contributed by atoms with van der Waals surface area (Å²) in [4.78, 5) is 2.75. The van der Waals surface area contributed by atoms with Gasteiger partial charge in [-0.15, -0.1) is 0 Å². The Bertz CT molecular complexity index is 2050. The van der Waals surface area contributed by atoms with Crippen LogP contribution in [0.5, 0.6) is 0 Å². The highest BCUT2D eigenvalue weighted by atomic mass is 15.3. The van der Waals surface area contributed by atoms with Gasteiger partial charge in [0.15, 0.2) is 0 Å². The van der Waals surface area contributed by atoms with Crippen LogP contribution in [-0.2, 0) is 11.0 Å². The lowest BCUT2D eigenvalue weighted by Gasteiger charge is -2.46. The zero-order chi connectivity index (χ0) is 33.2. The van der Waals surface area contributed by atoms with E-state index in [0.717, 1.165) is 0 Å². The predicted octanol–water partition coefficient (Wildman–Crippen LogP) is 12.0. The summed E-state index contributed by atoms with van der Waals surface area (Å²) >= 11 is 0. The zero-order valence-electron chi connectivity index (χ0n) is 29.0. The Balaban J connectivity index is 1.52. The van der Waals surface area contributed by atoms with E-state index < -0.39 is 5.54 Å². The first-order valence-electron chi connectivity index (χ1n) is 17.5. The molecule has 0 saturated carbocycles. The van der Waals surface area contributed by atoms with Crippen LogP contribution >= 0.6 is 0 Å². The molecule has 0 fully saturated rings. The molecule has 6 aromatic carbocycles. The second-order valence-electron chi connectivity index (χ2n) is 14.7. The molecule has 0 spiro atoms. The number of benzene rings is 6. The number of nitrogens with zero attached hydrogens (tertiary/aromatic N) is 1. The lowest BCUT2D eigenvalue weighted by Crippen LogP contribution is -2.46. The van der Waals surface area contributed by atoms with E-state index in [1.54, 1.807) is 0 Å². The molecule has 1 nitrogen and oxygen atoms in total. The average Bonchev–Trinajstić information content (AvgIpc) is 3.55. The van der Waals surface area contributed by atoms with Crippen LogP contribution in [0.3, 0.4) is 0 Å². The molecule has 1 aliphatic carbocycles. The van der Waals surface area contributed by atoms with Gasteiger partial charge in [-0.05, 0) is 79.1 Å². The van der Waals surface area contributed by atoms with Crippen LogP contribution in [0.4, 0.5) is 5.69 Å². The zero-order valence-corrected chi connectivity index (χ0v) is 29.0. The molecule has 2 aliphatic rings. The molecule has 48 heavy (non-hydrogen) atoms. The van der Waals surface area contributed by atoms with Gasteiger partial charge < -0.3 is 4.90 Å². The van der Waals surface area contributed by atoms with Crippen LogP contribution < -0.4 is 4.90 Å². The van der Waals surface area contributed by atoms with Gasteiger partial charge in [-0.1, -0.05) is 181 Å². The van der Waals surface area contributed by atoms with Gasteiger partial charge in [0.25, 0.3) is 0 Å². The fourth-order valence-corrected chi connectivity index (χ4v) is 8.71. The van der Waals surface area contributed by atoms with Crippen LogP contribution in [-0.4, -0.2) is 0 Å². The molecule has 1 heterocycles. The van der Waals surface area contributed by atoms with E-state index in [4.69, 9.17) is 0 Å². The number of fused-ring (bicyclic) bond motifs is 4. The lowest BCUT2D eigenvalue weighted by molar-refractivity contribution is 0.613. The number of hydrogen-bond acceptors (Lipinski definition) is 1. The first-order valence-corrected chi connectivity index (χ1v) is 17.5. The van der Waals surface area contributed by atoms with Crippen LogP contribution in [0.15, 0.2) is 146 Å². The first kappa shape index (κ1) is 30.5. The average molecular weight is 623 g/mol. The molecule has 8 rings (SSSR count). The van der Waals surface area contributed by atoms with Crippen molar-refractivity contribution in [2.75, 3.05) is 4.90 Å². The SMILES string of the molecule is CC(C)c1cccc(C(C)C)c1N1[C](c2ccc3c(c2)-c2ccccc2C3(C)C)c2ccccc2C1(c1ccccc1)c1ccccc1. The van der Waals surface area contributed by atoms with Crippen LogP contribution in [0.25, 0.3) is 11.1 Å². The van der Waals surface area contributed by atoms with Gasteiger partial charge in [-0.3, -0.25) is 0 Å². The Labute approximate surface area is 286 Å². The second-order valence-corrected chi connectivity index (χ2v) is 14.7. The van der Waals surface area contributed by atoms with E-state index in [1.807, 2.05) is 0 Å². The van der Waals surface area contributed by atoms with Crippen molar-refractivity contribution in [3.8, 4) is 11.1 Å². The Hall–Kier alpha value is -4.88. The quantitative estimate of drug-likeness (QED) is 0.179. The lowest BCUT2D eigenvalue weighted by atomic mass is 9.76. The molecule has 0 saturated heterocycles. The van der Waals surface area contributed by atoms with Gasteiger partial charge in [0.2, 0.25) is 0 Å². The van der Waals surface area contributed by atoms with E-state index >= 15 is 0 Å². The van der Waals surface area contributed by atoms with Crippen LogP contribution in [0, 0.1) is 6.04 Å².